The van der Waals surface area contributed by atoms with Gasteiger partial charge in [-0.25, -0.2) is 0 Å². The fourth-order valence-electron chi connectivity index (χ4n) is 3.95. The second-order valence-electron chi connectivity index (χ2n) is 7.29. The van der Waals surface area contributed by atoms with E-state index >= 15 is 0 Å². The van der Waals surface area contributed by atoms with Crippen molar-refractivity contribution in [1.82, 2.24) is 24.6 Å². The predicted octanol–water partition coefficient (Wildman–Crippen LogP) is 1.54. The number of carbonyl (C=O) groups is 1. The minimum atomic E-state index is 0.183. The molecule has 7 heteroatoms. The number of hydrogen-bond donors (Lipinski definition) is 0. The van der Waals surface area contributed by atoms with E-state index in [-0.39, 0.29) is 11.8 Å². The molecule has 2 fully saturated rings. The average molecular weight is 349 g/mol. The predicted molar refractivity (Wildman–Crippen MR) is 95.2 cm³/mol. The molecule has 0 radical (unpaired) electrons. The first kappa shape index (κ1) is 18.3. The molecule has 0 saturated carbocycles. The van der Waals surface area contributed by atoms with Crippen LogP contribution in [0.5, 0.6) is 0 Å². The minimum absolute atomic E-state index is 0.183. The number of ether oxygens (including phenoxy) is 1. The Morgan fingerprint density at radius 1 is 1.16 bits per heavy atom. The number of nitrogens with zero attached hydrogens (tertiary/aromatic N) is 5. The van der Waals surface area contributed by atoms with Crippen LogP contribution in [0.25, 0.3) is 0 Å². The zero-order valence-electron chi connectivity index (χ0n) is 15.6. The number of piperidine rings is 2. The smallest absolute Gasteiger partial charge is 0.224 e. The summed E-state index contributed by atoms with van der Waals surface area (Å²) in [6.45, 7) is 5.28. The van der Waals surface area contributed by atoms with Crippen molar-refractivity contribution in [2.45, 2.75) is 51.0 Å². The molecule has 0 aromatic carbocycles. The van der Waals surface area contributed by atoms with Crippen LogP contribution in [-0.2, 0) is 23.1 Å². The van der Waals surface area contributed by atoms with E-state index in [4.69, 9.17) is 4.74 Å². The Morgan fingerprint density at radius 2 is 1.96 bits per heavy atom. The van der Waals surface area contributed by atoms with Gasteiger partial charge in [0.1, 0.15) is 11.6 Å². The number of amides is 1. The molecule has 1 aromatic rings. The SMILES string of the molecule is COCCC(=O)N1CCC[C@@H](c2nnc(CN3CCCCC3)n2C)C1. The molecule has 0 unspecified atom stereocenters. The Morgan fingerprint density at radius 3 is 2.72 bits per heavy atom. The first-order valence-corrected chi connectivity index (χ1v) is 9.56. The van der Waals surface area contributed by atoms with Crippen molar-refractivity contribution in [3.63, 3.8) is 0 Å². The summed E-state index contributed by atoms with van der Waals surface area (Å²) in [5, 5.41) is 8.94. The number of hydrogen-bond acceptors (Lipinski definition) is 5. The normalized spacial score (nSPS) is 22.3. The third-order valence-electron chi connectivity index (χ3n) is 5.47. The second kappa shape index (κ2) is 8.76. The molecular formula is C18H31N5O2. The van der Waals surface area contributed by atoms with Gasteiger partial charge in [-0.3, -0.25) is 9.69 Å². The lowest BCUT2D eigenvalue weighted by molar-refractivity contribution is -0.133. The summed E-state index contributed by atoms with van der Waals surface area (Å²) < 4.78 is 7.19. The van der Waals surface area contributed by atoms with Crippen LogP contribution in [0, 0.1) is 0 Å². The molecule has 1 aromatic heterocycles. The highest BCUT2D eigenvalue weighted by atomic mass is 16.5. The van der Waals surface area contributed by atoms with Gasteiger partial charge in [0.25, 0.3) is 0 Å². The molecule has 1 amide bonds. The van der Waals surface area contributed by atoms with Crippen LogP contribution in [0.4, 0.5) is 0 Å². The summed E-state index contributed by atoms with van der Waals surface area (Å²) >= 11 is 0. The Kier molecular flexibility index (Phi) is 6.42. The van der Waals surface area contributed by atoms with Crippen LogP contribution >= 0.6 is 0 Å². The number of rotatable bonds is 6. The standard InChI is InChI=1S/C18H31N5O2/c1-21-16(14-22-9-4-3-5-10-22)19-20-18(21)15-7-6-11-23(13-15)17(24)8-12-25-2/h15H,3-14H2,1-2H3/t15-/m1/s1. The highest BCUT2D eigenvalue weighted by Gasteiger charge is 2.28. The maximum Gasteiger partial charge on any atom is 0.224 e. The lowest BCUT2D eigenvalue weighted by atomic mass is 9.97. The third-order valence-corrected chi connectivity index (χ3v) is 5.47. The first-order valence-electron chi connectivity index (χ1n) is 9.56. The molecule has 2 saturated heterocycles. The Labute approximate surface area is 150 Å². The number of aromatic nitrogens is 3. The molecule has 0 N–H and O–H groups in total. The van der Waals surface area contributed by atoms with E-state index < -0.39 is 0 Å². The van der Waals surface area contributed by atoms with Crippen LogP contribution in [0.1, 0.15) is 56.1 Å². The van der Waals surface area contributed by atoms with Crippen molar-refractivity contribution in [2.75, 3.05) is 39.9 Å². The zero-order chi connectivity index (χ0) is 17.6. The maximum atomic E-state index is 12.3. The van der Waals surface area contributed by atoms with Crippen molar-refractivity contribution in [1.29, 1.82) is 0 Å². The largest absolute Gasteiger partial charge is 0.384 e. The van der Waals surface area contributed by atoms with E-state index in [0.29, 0.717) is 13.0 Å². The lowest BCUT2D eigenvalue weighted by Crippen LogP contribution is -2.40. The Bertz CT molecular complexity index is 568. The summed E-state index contributed by atoms with van der Waals surface area (Å²) in [6, 6.07) is 0. The Hall–Kier alpha value is -1.47. The topological polar surface area (TPSA) is 63.5 Å². The van der Waals surface area contributed by atoms with Gasteiger partial charge in [-0.15, -0.1) is 10.2 Å². The summed E-state index contributed by atoms with van der Waals surface area (Å²) in [7, 11) is 3.70. The molecule has 2 aliphatic heterocycles. The molecule has 0 spiro atoms. The third kappa shape index (κ3) is 4.58. The molecule has 0 bridgehead atoms. The Balaban J connectivity index is 1.62. The minimum Gasteiger partial charge on any atom is -0.384 e. The molecule has 2 aliphatic rings. The van der Waals surface area contributed by atoms with Gasteiger partial charge in [0.15, 0.2) is 0 Å². The van der Waals surface area contributed by atoms with Crippen LogP contribution < -0.4 is 0 Å². The maximum absolute atomic E-state index is 12.3. The zero-order valence-corrected chi connectivity index (χ0v) is 15.6. The quantitative estimate of drug-likeness (QED) is 0.780. The van der Waals surface area contributed by atoms with Gasteiger partial charge in [-0.1, -0.05) is 6.42 Å². The van der Waals surface area contributed by atoms with E-state index in [1.807, 2.05) is 4.90 Å². The van der Waals surface area contributed by atoms with Crippen LogP contribution in [0.15, 0.2) is 0 Å². The molecular weight excluding hydrogens is 318 g/mol. The molecule has 1 atom stereocenters. The monoisotopic (exact) mass is 349 g/mol. The summed E-state index contributed by atoms with van der Waals surface area (Å²) in [5.74, 6) is 2.53. The van der Waals surface area contributed by atoms with E-state index in [1.165, 1.54) is 19.3 Å². The summed E-state index contributed by atoms with van der Waals surface area (Å²) in [4.78, 5) is 16.7. The van der Waals surface area contributed by atoms with Gasteiger partial charge in [0.05, 0.1) is 19.6 Å². The van der Waals surface area contributed by atoms with Gasteiger partial charge >= 0.3 is 0 Å². The van der Waals surface area contributed by atoms with Gasteiger partial charge in [0, 0.05) is 33.2 Å². The van der Waals surface area contributed by atoms with Gasteiger partial charge < -0.3 is 14.2 Å². The van der Waals surface area contributed by atoms with E-state index in [0.717, 1.165) is 57.2 Å². The van der Waals surface area contributed by atoms with Crippen molar-refractivity contribution in [2.24, 2.45) is 7.05 Å². The highest BCUT2D eigenvalue weighted by molar-refractivity contribution is 5.76. The van der Waals surface area contributed by atoms with E-state index in [1.54, 1.807) is 7.11 Å². The van der Waals surface area contributed by atoms with Crippen molar-refractivity contribution < 1.29 is 9.53 Å². The molecule has 7 nitrogen and oxygen atoms in total. The first-order chi connectivity index (χ1) is 12.2. The van der Waals surface area contributed by atoms with E-state index in [9.17, 15) is 4.79 Å². The summed E-state index contributed by atoms with van der Waals surface area (Å²) in [6.07, 6.45) is 6.47. The second-order valence-corrected chi connectivity index (χ2v) is 7.29. The number of carbonyl (C=O) groups excluding carboxylic acids is 1. The van der Waals surface area contributed by atoms with Crippen molar-refractivity contribution in [3.05, 3.63) is 11.6 Å². The van der Waals surface area contributed by atoms with Gasteiger partial charge in [-0.05, 0) is 38.8 Å². The van der Waals surface area contributed by atoms with Crippen molar-refractivity contribution >= 4 is 5.91 Å². The van der Waals surface area contributed by atoms with Crippen LogP contribution in [0.3, 0.4) is 0 Å². The number of methoxy groups -OCH3 is 1. The van der Waals surface area contributed by atoms with Gasteiger partial charge in [-0.2, -0.15) is 0 Å². The highest BCUT2D eigenvalue weighted by Crippen LogP contribution is 2.26. The molecule has 3 rings (SSSR count). The molecule has 140 valence electrons. The van der Waals surface area contributed by atoms with Crippen LogP contribution in [0.2, 0.25) is 0 Å². The van der Waals surface area contributed by atoms with Crippen LogP contribution in [-0.4, -0.2) is 70.4 Å². The fourth-order valence-corrected chi connectivity index (χ4v) is 3.95. The molecule has 25 heavy (non-hydrogen) atoms. The molecule has 0 aliphatic carbocycles. The lowest BCUT2D eigenvalue weighted by Gasteiger charge is -2.32. The average Bonchev–Trinajstić information content (AvgIpc) is 3.01. The summed E-state index contributed by atoms with van der Waals surface area (Å²) in [5.41, 5.74) is 0. The van der Waals surface area contributed by atoms with E-state index in [2.05, 4.69) is 26.7 Å². The molecule has 3 heterocycles. The van der Waals surface area contributed by atoms with Crippen molar-refractivity contribution in [3.8, 4) is 0 Å². The van der Waals surface area contributed by atoms with Gasteiger partial charge in [0.2, 0.25) is 5.91 Å². The fraction of sp³-hybridized carbons (Fsp3) is 0.833. The number of likely N-dealkylation sites (tertiary alicyclic amines) is 2.